The van der Waals surface area contributed by atoms with Gasteiger partial charge in [-0.2, -0.15) is 0 Å². The molecule has 0 saturated heterocycles. The number of benzene rings is 3. The number of rotatable bonds is 6. The van der Waals surface area contributed by atoms with Gasteiger partial charge in [-0.25, -0.2) is 0 Å². The first-order chi connectivity index (χ1) is 13.3. The highest BCUT2D eigenvalue weighted by molar-refractivity contribution is 6.42. The Morgan fingerprint density at radius 3 is 2.14 bits per heavy atom. The molecule has 0 radical (unpaired) electrons. The first-order valence-corrected chi connectivity index (χ1v) is 9.86. The van der Waals surface area contributed by atoms with Gasteiger partial charge in [0.25, 0.3) is 0 Å². The minimum atomic E-state index is -0.859. The Morgan fingerprint density at radius 1 is 0.821 bits per heavy atom. The first-order valence-electron chi connectivity index (χ1n) is 9.11. The van der Waals surface area contributed by atoms with E-state index in [1.54, 1.807) is 18.2 Å². The normalized spacial score (nSPS) is 13.4. The van der Waals surface area contributed by atoms with Crippen molar-refractivity contribution in [3.8, 4) is 16.9 Å². The number of aliphatic hydroxyl groups is 1. The van der Waals surface area contributed by atoms with E-state index in [0.717, 1.165) is 28.0 Å². The number of hydrogen-bond acceptors (Lipinski definition) is 3. The molecule has 3 nitrogen and oxygen atoms in total. The molecule has 3 rings (SSSR count). The lowest BCUT2D eigenvalue weighted by Gasteiger charge is -2.20. The molecule has 3 aromatic carbocycles. The van der Waals surface area contributed by atoms with E-state index in [0.29, 0.717) is 10.0 Å². The van der Waals surface area contributed by atoms with Crippen molar-refractivity contribution in [2.45, 2.75) is 32.1 Å². The van der Waals surface area contributed by atoms with Crippen LogP contribution in [-0.4, -0.2) is 11.2 Å². The molecule has 2 atom stereocenters. The van der Waals surface area contributed by atoms with Gasteiger partial charge in [-0.3, -0.25) is 0 Å². The molecule has 0 aliphatic heterocycles. The third kappa shape index (κ3) is 4.86. The number of nitrogens with two attached hydrogens (primary N) is 1. The fourth-order valence-corrected chi connectivity index (χ4v) is 3.31. The van der Waals surface area contributed by atoms with Gasteiger partial charge >= 0.3 is 0 Å². The van der Waals surface area contributed by atoms with Gasteiger partial charge in [0, 0.05) is 0 Å². The lowest BCUT2D eigenvalue weighted by Crippen LogP contribution is -2.19. The Kier molecular flexibility index (Phi) is 6.63. The average molecular weight is 416 g/mol. The summed E-state index contributed by atoms with van der Waals surface area (Å²) in [6.45, 7) is 4.00. The average Bonchev–Trinajstić information content (AvgIpc) is 2.69. The minimum absolute atomic E-state index is 0.121. The van der Waals surface area contributed by atoms with Crippen molar-refractivity contribution in [2.24, 2.45) is 5.73 Å². The van der Waals surface area contributed by atoms with Gasteiger partial charge in [0.15, 0.2) is 0 Å². The van der Waals surface area contributed by atoms with Crippen molar-refractivity contribution < 1.29 is 9.84 Å². The summed E-state index contributed by atoms with van der Waals surface area (Å²) in [5.41, 5.74) is 9.78. The summed E-state index contributed by atoms with van der Waals surface area (Å²) in [7, 11) is 0. The molecule has 0 saturated carbocycles. The highest BCUT2D eigenvalue weighted by atomic mass is 35.5. The van der Waals surface area contributed by atoms with Crippen molar-refractivity contribution >= 4 is 23.2 Å². The fraction of sp³-hybridized carbons (Fsp3) is 0.217. The van der Waals surface area contributed by atoms with Crippen LogP contribution in [0.1, 0.15) is 37.1 Å². The van der Waals surface area contributed by atoms with Crippen LogP contribution in [0.2, 0.25) is 10.0 Å². The molecule has 0 aromatic heterocycles. The predicted molar refractivity (Wildman–Crippen MR) is 116 cm³/mol. The summed E-state index contributed by atoms with van der Waals surface area (Å²) in [5.74, 6) is 0.832. The van der Waals surface area contributed by atoms with E-state index in [-0.39, 0.29) is 6.10 Å². The molecule has 2 unspecified atom stereocenters. The van der Waals surface area contributed by atoms with E-state index in [4.69, 9.17) is 33.7 Å². The van der Waals surface area contributed by atoms with Gasteiger partial charge in [0.1, 0.15) is 5.75 Å². The molecule has 3 aromatic rings. The van der Waals surface area contributed by atoms with E-state index in [2.05, 4.69) is 0 Å². The third-order valence-corrected chi connectivity index (χ3v) is 5.20. The lowest BCUT2D eigenvalue weighted by atomic mass is 9.95. The van der Waals surface area contributed by atoms with E-state index < -0.39 is 12.1 Å². The van der Waals surface area contributed by atoms with Crippen molar-refractivity contribution in [3.63, 3.8) is 0 Å². The SMILES string of the molecule is CC(C)Oc1cccc(-c2ccc(C(O)C(N)c3ccc(Cl)c(Cl)c3)cc2)c1. The van der Waals surface area contributed by atoms with Gasteiger partial charge in [-0.1, -0.05) is 65.7 Å². The standard InChI is InChI=1S/C23H23Cl2NO2/c1-14(2)28-19-5-3-4-17(12-19)15-6-8-16(9-7-15)23(27)22(26)18-10-11-20(24)21(25)13-18/h3-14,22-23,27H,26H2,1-2H3. The van der Waals surface area contributed by atoms with E-state index in [1.807, 2.05) is 62.4 Å². The first kappa shape index (κ1) is 20.7. The zero-order chi connectivity index (χ0) is 20.3. The largest absolute Gasteiger partial charge is 0.491 e. The summed E-state index contributed by atoms with van der Waals surface area (Å²) >= 11 is 12.0. The van der Waals surface area contributed by atoms with E-state index in [9.17, 15) is 5.11 Å². The summed E-state index contributed by atoms with van der Waals surface area (Å²) in [6, 6.07) is 20.2. The number of halogens is 2. The molecule has 0 spiro atoms. The number of aliphatic hydroxyl groups excluding tert-OH is 1. The van der Waals surface area contributed by atoms with Crippen LogP contribution in [-0.2, 0) is 0 Å². The number of ether oxygens (including phenoxy) is 1. The molecular formula is C23H23Cl2NO2. The van der Waals surface area contributed by atoms with Gasteiger partial charge in [0.2, 0.25) is 0 Å². The van der Waals surface area contributed by atoms with Crippen LogP contribution in [0.3, 0.4) is 0 Å². The van der Waals surface area contributed by atoms with Crippen molar-refractivity contribution in [1.82, 2.24) is 0 Å². The second-order valence-electron chi connectivity index (χ2n) is 6.96. The van der Waals surface area contributed by atoms with Crippen LogP contribution in [0, 0.1) is 0 Å². The summed E-state index contributed by atoms with van der Waals surface area (Å²) in [4.78, 5) is 0. The Hall–Kier alpha value is -2.04. The quantitative estimate of drug-likeness (QED) is 0.505. The third-order valence-electron chi connectivity index (χ3n) is 4.46. The second kappa shape index (κ2) is 8.97. The van der Waals surface area contributed by atoms with Gasteiger partial charge < -0.3 is 15.6 Å². The predicted octanol–water partition coefficient (Wildman–Crippen LogP) is 6.18. The zero-order valence-corrected chi connectivity index (χ0v) is 17.3. The van der Waals surface area contributed by atoms with Crippen LogP contribution < -0.4 is 10.5 Å². The summed E-state index contributed by atoms with van der Waals surface area (Å²) in [5, 5.41) is 11.6. The minimum Gasteiger partial charge on any atom is -0.491 e. The molecule has 0 heterocycles. The van der Waals surface area contributed by atoms with Crippen LogP contribution in [0.4, 0.5) is 0 Å². The zero-order valence-electron chi connectivity index (χ0n) is 15.8. The smallest absolute Gasteiger partial charge is 0.120 e. The maximum absolute atomic E-state index is 10.7. The van der Waals surface area contributed by atoms with E-state index >= 15 is 0 Å². The fourth-order valence-electron chi connectivity index (χ4n) is 3.00. The highest BCUT2D eigenvalue weighted by Crippen LogP contribution is 2.32. The van der Waals surface area contributed by atoms with Crippen LogP contribution in [0.5, 0.6) is 5.75 Å². The molecule has 0 aliphatic rings. The Bertz CT molecular complexity index is 942. The summed E-state index contributed by atoms with van der Waals surface area (Å²) in [6.07, 6.45) is -0.738. The maximum Gasteiger partial charge on any atom is 0.120 e. The van der Waals surface area contributed by atoms with Gasteiger partial charge in [-0.15, -0.1) is 0 Å². The van der Waals surface area contributed by atoms with Gasteiger partial charge in [-0.05, 0) is 60.4 Å². The van der Waals surface area contributed by atoms with Crippen LogP contribution in [0.25, 0.3) is 11.1 Å². The molecule has 5 heteroatoms. The summed E-state index contributed by atoms with van der Waals surface area (Å²) < 4.78 is 5.76. The Balaban J connectivity index is 1.79. The molecule has 0 amide bonds. The highest BCUT2D eigenvalue weighted by Gasteiger charge is 2.19. The van der Waals surface area contributed by atoms with Crippen molar-refractivity contribution in [2.75, 3.05) is 0 Å². The Morgan fingerprint density at radius 2 is 1.50 bits per heavy atom. The Labute approximate surface area is 175 Å². The maximum atomic E-state index is 10.7. The molecule has 0 bridgehead atoms. The molecule has 146 valence electrons. The molecular weight excluding hydrogens is 393 g/mol. The second-order valence-corrected chi connectivity index (χ2v) is 7.78. The molecule has 0 fully saturated rings. The van der Waals surface area contributed by atoms with Crippen molar-refractivity contribution in [1.29, 1.82) is 0 Å². The molecule has 0 aliphatic carbocycles. The topological polar surface area (TPSA) is 55.5 Å². The number of hydrogen-bond donors (Lipinski definition) is 2. The van der Waals surface area contributed by atoms with Crippen LogP contribution >= 0.6 is 23.2 Å². The molecule has 28 heavy (non-hydrogen) atoms. The van der Waals surface area contributed by atoms with Gasteiger partial charge in [0.05, 0.1) is 28.3 Å². The molecule has 3 N–H and O–H groups in total. The monoisotopic (exact) mass is 415 g/mol. The van der Waals surface area contributed by atoms with Crippen molar-refractivity contribution in [3.05, 3.63) is 87.9 Å². The lowest BCUT2D eigenvalue weighted by molar-refractivity contribution is 0.147. The van der Waals surface area contributed by atoms with Crippen LogP contribution in [0.15, 0.2) is 66.7 Å². The van der Waals surface area contributed by atoms with E-state index in [1.165, 1.54) is 0 Å².